The van der Waals surface area contributed by atoms with Gasteiger partial charge < -0.3 is 0 Å². The van der Waals surface area contributed by atoms with Crippen molar-refractivity contribution in [1.29, 1.82) is 0 Å². The molecule has 1 heterocycles. The third-order valence-corrected chi connectivity index (χ3v) is 2.92. The lowest BCUT2D eigenvalue weighted by atomic mass is 10.2. The highest BCUT2D eigenvalue weighted by Gasteiger charge is 2.35. The van der Waals surface area contributed by atoms with Gasteiger partial charge in [0.15, 0.2) is 5.78 Å². The van der Waals surface area contributed by atoms with Gasteiger partial charge in [0, 0.05) is 12.2 Å². The molecule has 0 saturated carbocycles. The zero-order valence-electron chi connectivity index (χ0n) is 4.61. The fraction of sp³-hybridized carbons (Fsp3) is 0.800. The Morgan fingerprint density at radius 3 is 2.62 bits per heavy atom. The Hall–Kier alpha value is 0.310. The molecule has 0 spiro atoms. The molecular weight excluding hydrogens is 144 g/mol. The summed E-state index contributed by atoms with van der Waals surface area (Å²) < 4.78 is -0.597. The minimum Gasteiger partial charge on any atom is -0.297 e. The van der Waals surface area contributed by atoms with E-state index in [1.54, 1.807) is 6.92 Å². The fourth-order valence-electron chi connectivity index (χ4n) is 0.639. The molecule has 1 aliphatic heterocycles. The lowest BCUT2D eigenvalue weighted by Gasteiger charge is -2.08. The minimum atomic E-state index is -0.597. The Morgan fingerprint density at radius 2 is 2.50 bits per heavy atom. The number of rotatable bonds is 0. The van der Waals surface area contributed by atoms with Crippen LogP contribution in [0.4, 0.5) is 0 Å². The van der Waals surface area contributed by atoms with Crippen molar-refractivity contribution in [2.75, 3.05) is 5.75 Å². The molecule has 0 N–H and O–H groups in total. The van der Waals surface area contributed by atoms with Gasteiger partial charge in [-0.05, 0) is 6.92 Å². The van der Waals surface area contributed by atoms with Crippen molar-refractivity contribution >= 4 is 29.1 Å². The van der Waals surface area contributed by atoms with E-state index in [1.165, 1.54) is 11.8 Å². The summed E-state index contributed by atoms with van der Waals surface area (Å²) >= 11 is 7.26. The van der Waals surface area contributed by atoms with Crippen LogP contribution in [0, 0.1) is 0 Å². The van der Waals surface area contributed by atoms with E-state index in [-0.39, 0.29) is 5.78 Å². The summed E-state index contributed by atoms with van der Waals surface area (Å²) in [6, 6.07) is 0. The number of carbonyl (C=O) groups is 1. The first kappa shape index (κ1) is 6.43. The van der Waals surface area contributed by atoms with Crippen LogP contribution >= 0.6 is 23.4 Å². The summed E-state index contributed by atoms with van der Waals surface area (Å²) in [6.45, 7) is 1.76. The molecule has 1 fully saturated rings. The summed E-state index contributed by atoms with van der Waals surface area (Å²) in [5.74, 6) is 1.06. The van der Waals surface area contributed by atoms with Crippen LogP contribution in [-0.4, -0.2) is 15.7 Å². The molecule has 0 aromatic heterocycles. The van der Waals surface area contributed by atoms with Gasteiger partial charge in [-0.2, -0.15) is 0 Å². The highest BCUT2D eigenvalue weighted by atomic mass is 35.5. The molecule has 1 nitrogen and oxygen atoms in total. The Bertz CT molecular complexity index is 122. The van der Waals surface area contributed by atoms with Gasteiger partial charge in [-0.1, -0.05) is 11.6 Å². The number of Topliss-reactive ketones (excluding diaryl/α,β-unsaturated/α-hetero) is 1. The van der Waals surface area contributed by atoms with E-state index in [0.29, 0.717) is 6.42 Å². The number of hydrogen-bond acceptors (Lipinski definition) is 2. The van der Waals surface area contributed by atoms with Crippen LogP contribution in [0.2, 0.25) is 0 Å². The van der Waals surface area contributed by atoms with E-state index in [2.05, 4.69) is 0 Å². The molecule has 1 aliphatic rings. The van der Waals surface area contributed by atoms with Gasteiger partial charge in [0.1, 0.15) is 4.21 Å². The number of thioether (sulfide) groups is 1. The van der Waals surface area contributed by atoms with Gasteiger partial charge in [0.25, 0.3) is 0 Å². The molecule has 0 aromatic carbocycles. The van der Waals surface area contributed by atoms with Crippen molar-refractivity contribution in [3.8, 4) is 0 Å². The first-order valence-corrected chi connectivity index (χ1v) is 3.85. The maximum Gasteiger partial charge on any atom is 0.164 e. The maximum atomic E-state index is 10.7. The molecule has 46 valence electrons. The second kappa shape index (κ2) is 1.92. The Kier molecular flexibility index (Phi) is 1.54. The van der Waals surface area contributed by atoms with Crippen LogP contribution in [0.25, 0.3) is 0 Å². The first-order chi connectivity index (χ1) is 3.63. The predicted molar refractivity (Wildman–Crippen MR) is 36.3 cm³/mol. The van der Waals surface area contributed by atoms with Gasteiger partial charge in [-0.3, -0.25) is 4.79 Å². The standard InChI is InChI=1S/C5H7ClOS/c1-5(6)4(7)2-3-8-5/h2-3H2,1H3/t5-/m0/s1. The molecule has 0 unspecified atom stereocenters. The largest absolute Gasteiger partial charge is 0.297 e. The third kappa shape index (κ3) is 1.00. The van der Waals surface area contributed by atoms with Crippen LogP contribution in [0.15, 0.2) is 0 Å². The molecule has 0 amide bonds. The lowest BCUT2D eigenvalue weighted by molar-refractivity contribution is -0.118. The van der Waals surface area contributed by atoms with Crippen molar-refractivity contribution in [3.05, 3.63) is 0 Å². The summed E-state index contributed by atoms with van der Waals surface area (Å²) in [5.41, 5.74) is 0. The highest BCUT2D eigenvalue weighted by Crippen LogP contribution is 2.37. The van der Waals surface area contributed by atoms with Crippen LogP contribution in [0.1, 0.15) is 13.3 Å². The lowest BCUT2D eigenvalue weighted by Crippen LogP contribution is -2.17. The number of alkyl halides is 1. The van der Waals surface area contributed by atoms with E-state index in [0.717, 1.165) is 5.75 Å². The Labute approximate surface area is 57.8 Å². The zero-order valence-corrected chi connectivity index (χ0v) is 6.18. The number of carbonyl (C=O) groups excluding carboxylic acids is 1. The first-order valence-electron chi connectivity index (χ1n) is 2.49. The van der Waals surface area contributed by atoms with E-state index >= 15 is 0 Å². The normalized spacial score (nSPS) is 38.5. The van der Waals surface area contributed by atoms with Gasteiger partial charge in [-0.25, -0.2) is 0 Å². The molecule has 3 heteroatoms. The molecule has 0 aliphatic carbocycles. The monoisotopic (exact) mass is 150 g/mol. The second-order valence-corrected chi connectivity index (χ2v) is 4.43. The number of halogens is 1. The van der Waals surface area contributed by atoms with Crippen molar-refractivity contribution in [1.82, 2.24) is 0 Å². The van der Waals surface area contributed by atoms with Gasteiger partial charge in [0.05, 0.1) is 0 Å². The summed E-state index contributed by atoms with van der Waals surface area (Å²) in [5, 5.41) is 0. The molecule has 0 bridgehead atoms. The van der Waals surface area contributed by atoms with Crippen molar-refractivity contribution in [2.24, 2.45) is 0 Å². The van der Waals surface area contributed by atoms with E-state index in [1.807, 2.05) is 0 Å². The molecule has 0 aromatic rings. The quantitative estimate of drug-likeness (QED) is 0.489. The third-order valence-electron chi connectivity index (χ3n) is 1.20. The highest BCUT2D eigenvalue weighted by molar-refractivity contribution is 8.03. The molecule has 1 rings (SSSR count). The predicted octanol–water partition coefficient (Wildman–Crippen LogP) is 1.65. The summed E-state index contributed by atoms with van der Waals surface area (Å²) in [7, 11) is 0. The van der Waals surface area contributed by atoms with Crippen molar-refractivity contribution in [2.45, 2.75) is 17.6 Å². The Balaban J connectivity index is 2.68. The molecular formula is C5H7ClOS. The molecule has 1 atom stereocenters. The zero-order chi connectivity index (χ0) is 6.20. The van der Waals surface area contributed by atoms with E-state index in [9.17, 15) is 4.79 Å². The number of hydrogen-bond donors (Lipinski definition) is 0. The van der Waals surface area contributed by atoms with E-state index < -0.39 is 4.21 Å². The second-order valence-electron chi connectivity index (χ2n) is 1.94. The molecule has 0 radical (unpaired) electrons. The molecule has 1 saturated heterocycles. The minimum absolute atomic E-state index is 0.171. The SMILES string of the molecule is C[C@]1(Cl)SCCC1=O. The van der Waals surface area contributed by atoms with Gasteiger partial charge >= 0.3 is 0 Å². The number of ketones is 1. The van der Waals surface area contributed by atoms with Crippen LogP contribution in [0.5, 0.6) is 0 Å². The maximum absolute atomic E-state index is 10.7. The van der Waals surface area contributed by atoms with Gasteiger partial charge in [0.2, 0.25) is 0 Å². The fourth-order valence-corrected chi connectivity index (χ4v) is 1.90. The smallest absolute Gasteiger partial charge is 0.164 e. The van der Waals surface area contributed by atoms with E-state index in [4.69, 9.17) is 11.6 Å². The van der Waals surface area contributed by atoms with Crippen LogP contribution in [0.3, 0.4) is 0 Å². The van der Waals surface area contributed by atoms with Crippen LogP contribution in [-0.2, 0) is 4.79 Å². The summed E-state index contributed by atoms with van der Waals surface area (Å²) in [6.07, 6.45) is 0.644. The van der Waals surface area contributed by atoms with Crippen LogP contribution < -0.4 is 0 Å². The summed E-state index contributed by atoms with van der Waals surface area (Å²) in [4.78, 5) is 10.7. The van der Waals surface area contributed by atoms with Crippen molar-refractivity contribution < 1.29 is 4.79 Å². The topological polar surface area (TPSA) is 17.1 Å². The Morgan fingerprint density at radius 1 is 1.88 bits per heavy atom. The average molecular weight is 151 g/mol. The van der Waals surface area contributed by atoms with Crippen molar-refractivity contribution in [3.63, 3.8) is 0 Å². The van der Waals surface area contributed by atoms with Gasteiger partial charge in [-0.15, -0.1) is 11.8 Å². The molecule has 8 heavy (non-hydrogen) atoms. The average Bonchev–Trinajstić information content (AvgIpc) is 1.86.